The monoisotopic (exact) mass is 547 g/mol. The van der Waals surface area contributed by atoms with Crippen molar-refractivity contribution < 1.29 is 18.0 Å². The number of aromatic amines is 1. The Hall–Kier alpha value is -4.57. The van der Waals surface area contributed by atoms with Crippen LogP contribution < -0.4 is 5.32 Å². The maximum Gasteiger partial charge on any atom is 0.416 e. The van der Waals surface area contributed by atoms with Crippen molar-refractivity contribution in [2.45, 2.75) is 51.1 Å². The highest BCUT2D eigenvalue weighted by molar-refractivity contribution is 5.97. The van der Waals surface area contributed by atoms with E-state index in [2.05, 4.69) is 35.6 Å². The van der Waals surface area contributed by atoms with Crippen molar-refractivity contribution in [2.24, 2.45) is 0 Å². The number of nitriles is 1. The number of aromatic nitrogens is 5. The van der Waals surface area contributed by atoms with E-state index in [1.165, 1.54) is 6.07 Å². The number of nitrogens with zero attached hydrogens (tertiary/aromatic N) is 7. The number of halogens is 3. The summed E-state index contributed by atoms with van der Waals surface area (Å²) in [4.78, 5) is 26.3. The van der Waals surface area contributed by atoms with Gasteiger partial charge in [-0.3, -0.25) is 14.8 Å². The third-order valence-corrected chi connectivity index (χ3v) is 7.52. The Bertz CT molecular complexity index is 1640. The van der Waals surface area contributed by atoms with Crippen molar-refractivity contribution in [3.63, 3.8) is 0 Å². The molecule has 1 saturated heterocycles. The molecule has 1 amide bonds. The van der Waals surface area contributed by atoms with Crippen LogP contribution in [0, 0.1) is 11.3 Å². The zero-order valence-corrected chi connectivity index (χ0v) is 21.4. The number of amides is 1. The molecule has 204 valence electrons. The molecule has 2 atom stereocenters. The van der Waals surface area contributed by atoms with Gasteiger partial charge < -0.3 is 10.2 Å². The number of nitrogens with one attached hydrogen (secondary N) is 2. The first-order valence-electron chi connectivity index (χ1n) is 12.8. The third-order valence-electron chi connectivity index (χ3n) is 7.52. The van der Waals surface area contributed by atoms with Crippen LogP contribution in [0.2, 0.25) is 0 Å². The molecular formula is C27H24F3N9O. The maximum absolute atomic E-state index is 13.2. The van der Waals surface area contributed by atoms with Crippen molar-refractivity contribution in [2.75, 3.05) is 11.9 Å². The van der Waals surface area contributed by atoms with Gasteiger partial charge in [-0.25, -0.2) is 9.97 Å². The lowest BCUT2D eigenvalue weighted by Crippen LogP contribution is -2.50. The molecule has 2 aliphatic heterocycles. The van der Waals surface area contributed by atoms with Gasteiger partial charge in [0.2, 0.25) is 5.95 Å². The molecule has 1 fully saturated rings. The van der Waals surface area contributed by atoms with Gasteiger partial charge in [0.1, 0.15) is 5.52 Å². The molecule has 2 aliphatic rings. The minimum Gasteiger partial charge on any atom is -0.336 e. The Morgan fingerprint density at radius 3 is 2.83 bits per heavy atom. The fraction of sp³-hybridized carbons (Fsp3) is 0.333. The molecular weight excluding hydrogens is 523 g/mol. The summed E-state index contributed by atoms with van der Waals surface area (Å²) in [5, 5.41) is 22.5. The number of carbonyl (C=O) groups is 1. The van der Waals surface area contributed by atoms with Crippen molar-refractivity contribution in [1.82, 2.24) is 35.2 Å². The highest BCUT2D eigenvalue weighted by Crippen LogP contribution is 2.34. The summed E-state index contributed by atoms with van der Waals surface area (Å²) in [6.07, 6.45) is -1.29. The number of hydrogen-bond acceptors (Lipinski definition) is 8. The van der Waals surface area contributed by atoms with Gasteiger partial charge in [0, 0.05) is 54.7 Å². The predicted molar refractivity (Wildman–Crippen MR) is 138 cm³/mol. The van der Waals surface area contributed by atoms with Crippen LogP contribution in [0.25, 0.3) is 11.0 Å². The summed E-state index contributed by atoms with van der Waals surface area (Å²) in [6.45, 7) is 3.90. The first kappa shape index (κ1) is 25.7. The summed E-state index contributed by atoms with van der Waals surface area (Å²) < 4.78 is 39.7. The normalized spacial score (nSPS) is 19.4. The molecule has 40 heavy (non-hydrogen) atoms. The molecule has 10 nitrogen and oxygen atoms in total. The molecule has 2 aromatic heterocycles. The topological polar surface area (TPSA) is 127 Å². The van der Waals surface area contributed by atoms with Crippen LogP contribution in [0.4, 0.5) is 24.8 Å². The molecule has 13 heteroatoms. The highest BCUT2D eigenvalue weighted by atomic mass is 19.4. The third kappa shape index (κ3) is 4.93. The van der Waals surface area contributed by atoms with E-state index in [0.717, 1.165) is 41.7 Å². The van der Waals surface area contributed by atoms with Crippen LogP contribution in [0.5, 0.6) is 0 Å². The average Bonchev–Trinajstić information content (AvgIpc) is 3.58. The van der Waals surface area contributed by atoms with Crippen LogP contribution >= 0.6 is 0 Å². The number of alkyl halides is 3. The van der Waals surface area contributed by atoms with Crippen LogP contribution in [0.15, 0.2) is 42.6 Å². The Morgan fingerprint density at radius 1 is 1.20 bits per heavy atom. The minimum absolute atomic E-state index is 0.0292. The second-order valence-corrected chi connectivity index (χ2v) is 10.2. The lowest BCUT2D eigenvalue weighted by Gasteiger charge is -2.41. The van der Waals surface area contributed by atoms with Crippen LogP contribution in [-0.4, -0.2) is 59.7 Å². The number of carbonyl (C=O) groups excluding carboxylic acids is 1. The SMILES string of the molecule is C[C@@H]1C[C@@H](N2Cc3cnc(Nc4cc(C#N)cc(C(F)(F)F)c4)nc3C2)CCN1C(=O)c1ccc2[nH]nnc2c1. The van der Waals surface area contributed by atoms with E-state index in [9.17, 15) is 18.0 Å². The lowest BCUT2D eigenvalue weighted by atomic mass is 9.96. The second kappa shape index (κ2) is 9.87. The second-order valence-electron chi connectivity index (χ2n) is 10.2. The standard InChI is InChI=1S/C27H24F3N9O/c1-15-6-21(4-5-39(15)25(40)17-2-3-22-23(9-17)36-37-35-22)38-13-18-12-32-26(34-24(18)14-38)33-20-8-16(11-31)7-19(10-20)27(28,29)30/h2-3,7-10,12,15,21H,4-6,13-14H2,1H3,(H,32,33,34)(H,35,36,37)/t15-,21+/m1/s1. The van der Waals surface area contributed by atoms with Gasteiger partial charge in [-0.15, -0.1) is 5.10 Å². The first-order chi connectivity index (χ1) is 19.2. The number of benzene rings is 2. The summed E-state index contributed by atoms with van der Waals surface area (Å²) in [5.41, 5.74) is 2.84. The van der Waals surface area contributed by atoms with Gasteiger partial charge in [0.15, 0.2) is 0 Å². The molecule has 0 spiro atoms. The summed E-state index contributed by atoms with van der Waals surface area (Å²) >= 11 is 0. The van der Waals surface area contributed by atoms with E-state index in [-0.39, 0.29) is 35.2 Å². The summed E-state index contributed by atoms with van der Waals surface area (Å²) in [5.74, 6) is 0.137. The van der Waals surface area contributed by atoms with Gasteiger partial charge in [0.25, 0.3) is 5.91 Å². The molecule has 0 radical (unpaired) electrons. The van der Waals surface area contributed by atoms with E-state index in [0.29, 0.717) is 30.7 Å². The molecule has 6 rings (SSSR count). The number of likely N-dealkylation sites (tertiary alicyclic amines) is 1. The Balaban J connectivity index is 1.11. The van der Waals surface area contributed by atoms with Crippen molar-refractivity contribution >= 4 is 28.6 Å². The lowest BCUT2D eigenvalue weighted by molar-refractivity contribution is -0.137. The van der Waals surface area contributed by atoms with E-state index in [1.54, 1.807) is 30.5 Å². The molecule has 4 aromatic rings. The van der Waals surface area contributed by atoms with Crippen LogP contribution in [0.1, 0.15) is 52.5 Å². The number of H-pyrrole nitrogens is 1. The van der Waals surface area contributed by atoms with E-state index in [1.807, 2.05) is 11.8 Å². The number of anilines is 2. The molecule has 0 aliphatic carbocycles. The van der Waals surface area contributed by atoms with Crippen molar-refractivity contribution in [3.05, 3.63) is 70.5 Å². The smallest absolute Gasteiger partial charge is 0.336 e. The predicted octanol–water partition coefficient (Wildman–Crippen LogP) is 4.39. The van der Waals surface area contributed by atoms with Crippen molar-refractivity contribution in [3.8, 4) is 6.07 Å². The van der Waals surface area contributed by atoms with Gasteiger partial charge >= 0.3 is 6.18 Å². The molecule has 2 aromatic carbocycles. The Morgan fingerprint density at radius 2 is 2.05 bits per heavy atom. The number of hydrogen-bond donors (Lipinski definition) is 2. The first-order valence-corrected chi connectivity index (χ1v) is 12.8. The summed E-state index contributed by atoms with van der Waals surface area (Å²) in [6, 6.07) is 10.4. The quantitative estimate of drug-likeness (QED) is 0.385. The van der Waals surface area contributed by atoms with Crippen molar-refractivity contribution in [1.29, 1.82) is 5.26 Å². The van der Waals surface area contributed by atoms with Gasteiger partial charge in [-0.2, -0.15) is 18.4 Å². The zero-order valence-electron chi connectivity index (χ0n) is 21.4. The zero-order chi connectivity index (χ0) is 28.0. The van der Waals surface area contributed by atoms with E-state index < -0.39 is 11.7 Å². The molecule has 2 N–H and O–H groups in total. The van der Waals surface area contributed by atoms with Crippen LogP contribution in [0.3, 0.4) is 0 Å². The Labute approximate surface area is 226 Å². The van der Waals surface area contributed by atoms with Crippen LogP contribution in [-0.2, 0) is 19.3 Å². The van der Waals surface area contributed by atoms with Gasteiger partial charge in [-0.05, 0) is 56.2 Å². The summed E-state index contributed by atoms with van der Waals surface area (Å²) in [7, 11) is 0. The number of piperidine rings is 1. The minimum atomic E-state index is -4.58. The fourth-order valence-corrected chi connectivity index (χ4v) is 5.47. The maximum atomic E-state index is 13.2. The number of rotatable bonds is 4. The molecule has 0 bridgehead atoms. The van der Waals surface area contributed by atoms with E-state index >= 15 is 0 Å². The van der Waals surface area contributed by atoms with Gasteiger partial charge in [-0.1, -0.05) is 5.21 Å². The van der Waals surface area contributed by atoms with Gasteiger partial charge in [0.05, 0.1) is 28.4 Å². The fourth-order valence-electron chi connectivity index (χ4n) is 5.47. The number of fused-ring (bicyclic) bond motifs is 2. The molecule has 4 heterocycles. The molecule has 0 saturated carbocycles. The Kier molecular flexibility index (Phi) is 6.34. The highest BCUT2D eigenvalue weighted by Gasteiger charge is 2.35. The molecule has 0 unspecified atom stereocenters. The largest absolute Gasteiger partial charge is 0.416 e. The van der Waals surface area contributed by atoms with E-state index in [4.69, 9.17) is 5.26 Å². The average molecular weight is 548 g/mol.